The topological polar surface area (TPSA) is 113 Å². The molecule has 8 nitrogen and oxygen atoms in total. The zero-order valence-corrected chi connectivity index (χ0v) is 10.3. The highest BCUT2D eigenvalue weighted by molar-refractivity contribution is 7.89. The van der Waals surface area contributed by atoms with Gasteiger partial charge in [-0.1, -0.05) is 0 Å². The summed E-state index contributed by atoms with van der Waals surface area (Å²) in [7, 11) is -3.65. The van der Waals surface area contributed by atoms with Crippen LogP contribution in [0.25, 0.3) is 0 Å². The van der Waals surface area contributed by atoms with Gasteiger partial charge in [0.05, 0.1) is 25.3 Å². The van der Waals surface area contributed by atoms with Crippen LogP contribution in [0, 0.1) is 0 Å². The summed E-state index contributed by atoms with van der Waals surface area (Å²) in [6.07, 6.45) is 0.519. The number of carbonyl (C=O) groups is 1. The molecule has 9 heteroatoms. The van der Waals surface area contributed by atoms with Crippen molar-refractivity contribution in [1.82, 2.24) is 14.5 Å². The highest BCUT2D eigenvalue weighted by Crippen LogP contribution is 2.17. The zero-order chi connectivity index (χ0) is 13.2. The fraction of sp³-hybridized carbons (Fsp3) is 0.556. The molecule has 0 bridgehead atoms. The van der Waals surface area contributed by atoms with Crippen LogP contribution >= 0.6 is 0 Å². The van der Waals surface area contributed by atoms with Gasteiger partial charge in [0.25, 0.3) is 10.0 Å². The molecule has 1 aliphatic heterocycles. The number of hydrogen-bond donors (Lipinski definition) is 2. The molecule has 0 radical (unpaired) electrons. The van der Waals surface area contributed by atoms with Crippen LogP contribution in [0.5, 0.6) is 0 Å². The van der Waals surface area contributed by atoms with Crippen LogP contribution in [0.1, 0.15) is 6.42 Å². The van der Waals surface area contributed by atoms with Crippen molar-refractivity contribution in [3.8, 4) is 0 Å². The minimum Gasteiger partial charge on any atom is -0.481 e. The van der Waals surface area contributed by atoms with Crippen molar-refractivity contribution in [2.24, 2.45) is 0 Å². The minimum atomic E-state index is -3.65. The Balaban J connectivity index is 2.11. The van der Waals surface area contributed by atoms with E-state index in [4.69, 9.17) is 9.84 Å². The monoisotopic (exact) mass is 275 g/mol. The summed E-state index contributed by atoms with van der Waals surface area (Å²) in [5, 5.41) is 14.7. The van der Waals surface area contributed by atoms with E-state index in [0.29, 0.717) is 0 Å². The smallest absolute Gasteiger partial charge is 0.306 e. The maximum absolute atomic E-state index is 12.1. The molecule has 0 saturated carbocycles. The van der Waals surface area contributed by atoms with Crippen LogP contribution < -0.4 is 0 Å². The lowest BCUT2D eigenvalue weighted by Crippen LogP contribution is -2.46. The van der Waals surface area contributed by atoms with Crippen LogP contribution in [-0.2, 0) is 19.6 Å². The zero-order valence-electron chi connectivity index (χ0n) is 9.44. The number of hydrogen-bond acceptors (Lipinski definition) is 5. The van der Waals surface area contributed by atoms with Crippen molar-refractivity contribution in [1.29, 1.82) is 0 Å². The average molecular weight is 275 g/mol. The molecule has 1 aliphatic rings. The molecule has 0 amide bonds. The number of H-pyrrole nitrogens is 1. The third kappa shape index (κ3) is 2.68. The fourth-order valence-corrected chi connectivity index (χ4v) is 3.11. The maximum atomic E-state index is 12.1. The molecule has 0 aliphatic carbocycles. The number of ether oxygens (including phenoxy) is 1. The summed E-state index contributed by atoms with van der Waals surface area (Å²) in [6, 6.07) is 1.36. The molecule has 1 unspecified atom stereocenters. The Labute approximate surface area is 104 Å². The van der Waals surface area contributed by atoms with Gasteiger partial charge in [0.2, 0.25) is 0 Å². The van der Waals surface area contributed by atoms with E-state index in [0.717, 1.165) is 0 Å². The number of nitrogens with zero attached hydrogens (tertiary/aromatic N) is 2. The van der Waals surface area contributed by atoms with E-state index in [1.807, 2.05) is 0 Å². The summed E-state index contributed by atoms with van der Waals surface area (Å²) < 4.78 is 30.7. The predicted octanol–water partition coefficient (Wildman–Crippen LogP) is -0.726. The molecule has 1 aromatic heterocycles. The Morgan fingerprint density at radius 1 is 1.67 bits per heavy atom. The molecule has 18 heavy (non-hydrogen) atoms. The standard InChI is InChI=1S/C9H13N3O5S/c13-9(14)5-7-6-12(3-4-17-7)18(15,16)8-1-2-10-11-8/h1-2,7H,3-6H2,(H,10,11)(H,13,14). The second-order valence-corrected chi connectivity index (χ2v) is 5.78. The molecule has 2 N–H and O–H groups in total. The highest BCUT2D eigenvalue weighted by Gasteiger charge is 2.32. The number of carboxylic acids is 1. The lowest BCUT2D eigenvalue weighted by molar-refractivity contribution is -0.141. The highest BCUT2D eigenvalue weighted by atomic mass is 32.2. The number of aromatic nitrogens is 2. The number of carboxylic acid groups (broad SMARTS) is 1. The lowest BCUT2D eigenvalue weighted by Gasteiger charge is -2.30. The molecule has 2 rings (SSSR count). The molecule has 2 heterocycles. The third-order valence-corrected chi connectivity index (χ3v) is 4.39. The predicted molar refractivity (Wildman–Crippen MR) is 59.3 cm³/mol. The van der Waals surface area contributed by atoms with Crippen molar-refractivity contribution < 1.29 is 23.1 Å². The quantitative estimate of drug-likeness (QED) is 0.749. The first-order chi connectivity index (χ1) is 8.50. The second kappa shape index (κ2) is 5.04. The molecule has 1 atom stereocenters. The summed E-state index contributed by atoms with van der Waals surface area (Å²) >= 11 is 0. The van der Waals surface area contributed by atoms with E-state index in [2.05, 4.69) is 10.2 Å². The summed E-state index contributed by atoms with van der Waals surface area (Å²) in [5.41, 5.74) is 0. The van der Waals surface area contributed by atoms with Gasteiger partial charge in [0.15, 0.2) is 5.03 Å². The molecule has 1 aromatic rings. The first-order valence-corrected chi connectivity index (χ1v) is 6.77. The normalized spacial score (nSPS) is 21.9. The maximum Gasteiger partial charge on any atom is 0.306 e. The van der Waals surface area contributed by atoms with Gasteiger partial charge >= 0.3 is 5.97 Å². The Kier molecular flexibility index (Phi) is 3.64. The Morgan fingerprint density at radius 2 is 2.44 bits per heavy atom. The van der Waals surface area contributed by atoms with Crippen LogP contribution in [0.3, 0.4) is 0 Å². The molecule has 100 valence electrons. The van der Waals surface area contributed by atoms with Crippen molar-refractivity contribution in [3.05, 3.63) is 12.3 Å². The third-order valence-electron chi connectivity index (χ3n) is 2.60. The fourth-order valence-electron chi connectivity index (χ4n) is 1.75. The molecular formula is C9H13N3O5S. The van der Waals surface area contributed by atoms with Crippen LogP contribution in [0.2, 0.25) is 0 Å². The number of aliphatic carboxylic acids is 1. The van der Waals surface area contributed by atoms with E-state index in [1.165, 1.54) is 16.6 Å². The average Bonchev–Trinajstić information content (AvgIpc) is 2.82. The number of rotatable bonds is 4. The van der Waals surface area contributed by atoms with Gasteiger partial charge in [0, 0.05) is 13.1 Å². The summed E-state index contributed by atoms with van der Waals surface area (Å²) in [4.78, 5) is 10.6. The van der Waals surface area contributed by atoms with Gasteiger partial charge in [-0.2, -0.15) is 9.40 Å². The van der Waals surface area contributed by atoms with Gasteiger partial charge in [-0.05, 0) is 6.07 Å². The molecule has 0 aromatic carbocycles. The Morgan fingerprint density at radius 3 is 3.06 bits per heavy atom. The Bertz CT molecular complexity index is 512. The van der Waals surface area contributed by atoms with Gasteiger partial charge in [-0.3, -0.25) is 9.89 Å². The molecule has 1 saturated heterocycles. The Hall–Kier alpha value is -1.45. The van der Waals surface area contributed by atoms with Crippen LogP contribution in [0.4, 0.5) is 0 Å². The second-order valence-electron chi connectivity index (χ2n) is 3.87. The van der Waals surface area contributed by atoms with E-state index in [1.54, 1.807) is 0 Å². The number of sulfonamides is 1. The number of aromatic amines is 1. The van der Waals surface area contributed by atoms with E-state index in [9.17, 15) is 13.2 Å². The molecule has 1 fully saturated rings. The molecular weight excluding hydrogens is 262 g/mol. The van der Waals surface area contributed by atoms with Crippen molar-refractivity contribution in [2.75, 3.05) is 19.7 Å². The van der Waals surface area contributed by atoms with Crippen LogP contribution in [0.15, 0.2) is 17.3 Å². The van der Waals surface area contributed by atoms with Crippen molar-refractivity contribution in [3.63, 3.8) is 0 Å². The van der Waals surface area contributed by atoms with Gasteiger partial charge < -0.3 is 9.84 Å². The van der Waals surface area contributed by atoms with E-state index in [-0.39, 0.29) is 31.1 Å². The summed E-state index contributed by atoms with van der Waals surface area (Å²) in [6.45, 7) is 0.427. The lowest BCUT2D eigenvalue weighted by atomic mass is 10.2. The number of morpholine rings is 1. The van der Waals surface area contributed by atoms with Gasteiger partial charge in [-0.25, -0.2) is 8.42 Å². The van der Waals surface area contributed by atoms with E-state index >= 15 is 0 Å². The van der Waals surface area contributed by atoms with Crippen molar-refractivity contribution in [2.45, 2.75) is 17.6 Å². The van der Waals surface area contributed by atoms with E-state index < -0.39 is 22.1 Å². The van der Waals surface area contributed by atoms with Gasteiger partial charge in [-0.15, -0.1) is 0 Å². The molecule has 0 spiro atoms. The summed E-state index contributed by atoms with van der Waals surface area (Å²) in [5.74, 6) is -1.01. The largest absolute Gasteiger partial charge is 0.481 e. The van der Waals surface area contributed by atoms with Crippen LogP contribution in [-0.4, -0.2) is 59.8 Å². The first-order valence-electron chi connectivity index (χ1n) is 5.33. The van der Waals surface area contributed by atoms with Crippen molar-refractivity contribution >= 4 is 16.0 Å². The number of nitrogens with one attached hydrogen (secondary N) is 1. The van der Waals surface area contributed by atoms with Gasteiger partial charge in [0.1, 0.15) is 0 Å². The SMILES string of the molecule is O=C(O)CC1CN(S(=O)(=O)c2ccn[nH]2)CCO1. The first kappa shape index (κ1) is 13.0. The minimum absolute atomic E-state index is 0.00141.